The van der Waals surface area contributed by atoms with Crippen LogP contribution in [-0.2, 0) is 11.3 Å². The van der Waals surface area contributed by atoms with Crippen LogP contribution in [0.2, 0.25) is 0 Å². The number of carboxylic acid groups (broad SMARTS) is 1. The minimum absolute atomic E-state index is 0.326. The van der Waals surface area contributed by atoms with Crippen LogP contribution in [0.1, 0.15) is 43.6 Å². The summed E-state index contributed by atoms with van der Waals surface area (Å²) in [6, 6.07) is 13.1. The third-order valence-corrected chi connectivity index (χ3v) is 4.82. The molecule has 36 heavy (non-hydrogen) atoms. The molecule has 0 saturated carbocycles. The Labute approximate surface area is 206 Å². The molecule has 11 heteroatoms. The standard InChI is InChI=1S/C23H29N3O3.C2HF3O2/c1-15(2)12-26(13-16(3)4)14-17-6-5-7-19(10-17)23-24-20-11-18(22(27)25-28)8-9-21(20)29-23;3-2(4,5)1(6)7/h5-11,15-16,28H,12-14H2,1-4H3,(H,25,27);(H,6,7). The SMILES string of the molecule is CC(C)CN(Cc1cccc(-c2nc3cc(C(=O)NO)ccc3o2)c1)CC(C)C.O=C(O)C(F)(F)F. The van der Waals surface area contributed by atoms with Crippen molar-refractivity contribution in [1.29, 1.82) is 0 Å². The summed E-state index contributed by atoms with van der Waals surface area (Å²) in [5.41, 5.74) is 5.25. The van der Waals surface area contributed by atoms with Crippen LogP contribution in [0.5, 0.6) is 0 Å². The highest BCUT2D eigenvalue weighted by atomic mass is 19.4. The Morgan fingerprint density at radius 3 is 2.19 bits per heavy atom. The number of rotatable bonds is 8. The smallest absolute Gasteiger partial charge is 0.475 e. The van der Waals surface area contributed by atoms with Gasteiger partial charge >= 0.3 is 12.1 Å². The molecule has 0 atom stereocenters. The number of nitrogens with zero attached hydrogens (tertiary/aromatic N) is 2. The van der Waals surface area contributed by atoms with Gasteiger partial charge in [-0.1, -0.05) is 39.8 Å². The van der Waals surface area contributed by atoms with Crippen molar-refractivity contribution in [2.24, 2.45) is 11.8 Å². The van der Waals surface area contributed by atoms with Crippen molar-refractivity contribution < 1.29 is 37.5 Å². The van der Waals surface area contributed by atoms with Gasteiger partial charge in [-0.3, -0.25) is 14.9 Å². The van der Waals surface area contributed by atoms with Gasteiger partial charge in [-0.25, -0.2) is 15.3 Å². The largest absolute Gasteiger partial charge is 0.490 e. The predicted molar refractivity (Wildman–Crippen MR) is 127 cm³/mol. The van der Waals surface area contributed by atoms with Gasteiger partial charge in [-0.05, 0) is 47.7 Å². The molecule has 1 heterocycles. The topological polar surface area (TPSA) is 116 Å². The van der Waals surface area contributed by atoms with Gasteiger partial charge in [0.2, 0.25) is 5.89 Å². The molecule has 8 nitrogen and oxygen atoms in total. The van der Waals surface area contributed by atoms with Crippen LogP contribution >= 0.6 is 0 Å². The first-order valence-corrected chi connectivity index (χ1v) is 11.3. The monoisotopic (exact) mass is 509 g/mol. The number of carbonyl (C=O) groups is 2. The van der Waals surface area contributed by atoms with Crippen molar-refractivity contribution >= 4 is 23.0 Å². The first-order chi connectivity index (χ1) is 16.8. The Morgan fingerprint density at radius 2 is 1.67 bits per heavy atom. The average molecular weight is 510 g/mol. The number of benzene rings is 2. The van der Waals surface area contributed by atoms with Gasteiger partial charge in [-0.2, -0.15) is 13.2 Å². The normalized spacial score (nSPS) is 11.6. The second-order valence-corrected chi connectivity index (χ2v) is 9.13. The summed E-state index contributed by atoms with van der Waals surface area (Å²) >= 11 is 0. The van der Waals surface area contributed by atoms with Gasteiger partial charge in [0.15, 0.2) is 5.58 Å². The van der Waals surface area contributed by atoms with E-state index in [9.17, 15) is 18.0 Å². The number of hydroxylamine groups is 1. The van der Waals surface area contributed by atoms with E-state index in [0.717, 1.165) is 25.2 Å². The molecule has 1 aromatic heterocycles. The van der Waals surface area contributed by atoms with E-state index in [4.69, 9.17) is 19.5 Å². The number of aromatic nitrogens is 1. The van der Waals surface area contributed by atoms with E-state index in [1.807, 2.05) is 12.1 Å². The van der Waals surface area contributed by atoms with Crippen LogP contribution in [0.15, 0.2) is 46.9 Å². The number of halogens is 3. The van der Waals surface area contributed by atoms with Gasteiger partial charge in [0.1, 0.15) is 5.52 Å². The molecule has 0 bridgehead atoms. The van der Waals surface area contributed by atoms with Crippen molar-refractivity contribution in [3.05, 3.63) is 53.6 Å². The van der Waals surface area contributed by atoms with E-state index in [1.54, 1.807) is 23.7 Å². The maximum atomic E-state index is 11.6. The van der Waals surface area contributed by atoms with Crippen LogP contribution in [0.25, 0.3) is 22.6 Å². The molecule has 1 amide bonds. The molecule has 0 spiro atoms. The molecule has 196 valence electrons. The molecule has 3 aromatic rings. The summed E-state index contributed by atoms with van der Waals surface area (Å²) in [5, 5.41) is 15.9. The first kappa shape index (κ1) is 28.8. The van der Waals surface area contributed by atoms with Crippen LogP contribution < -0.4 is 5.48 Å². The lowest BCUT2D eigenvalue weighted by atomic mass is 10.1. The molecule has 2 aromatic carbocycles. The maximum absolute atomic E-state index is 11.6. The Hall–Kier alpha value is -3.44. The van der Waals surface area contributed by atoms with Gasteiger partial charge in [0.25, 0.3) is 5.91 Å². The molecule has 0 fully saturated rings. The third-order valence-electron chi connectivity index (χ3n) is 4.82. The highest BCUT2D eigenvalue weighted by molar-refractivity contribution is 5.96. The number of alkyl halides is 3. The number of amides is 1. The summed E-state index contributed by atoms with van der Waals surface area (Å²) < 4.78 is 37.6. The second kappa shape index (κ2) is 12.5. The van der Waals surface area contributed by atoms with Gasteiger partial charge < -0.3 is 9.52 Å². The molecule has 0 aliphatic rings. The van der Waals surface area contributed by atoms with Gasteiger partial charge in [0, 0.05) is 30.8 Å². The minimum atomic E-state index is -5.08. The fraction of sp³-hybridized carbons (Fsp3) is 0.400. The summed E-state index contributed by atoms with van der Waals surface area (Å²) in [6.45, 7) is 12.0. The third kappa shape index (κ3) is 8.65. The van der Waals surface area contributed by atoms with Gasteiger partial charge in [0.05, 0.1) is 0 Å². The Bertz CT molecular complexity index is 1170. The van der Waals surface area contributed by atoms with E-state index in [0.29, 0.717) is 34.4 Å². The first-order valence-electron chi connectivity index (χ1n) is 11.3. The fourth-order valence-corrected chi connectivity index (χ4v) is 3.55. The van der Waals surface area contributed by atoms with Crippen molar-refractivity contribution in [2.75, 3.05) is 13.1 Å². The summed E-state index contributed by atoms with van der Waals surface area (Å²) in [6.07, 6.45) is -5.08. The van der Waals surface area contributed by atoms with Gasteiger partial charge in [-0.15, -0.1) is 0 Å². The lowest BCUT2D eigenvalue weighted by molar-refractivity contribution is -0.192. The minimum Gasteiger partial charge on any atom is -0.475 e. The van der Waals surface area contributed by atoms with E-state index >= 15 is 0 Å². The predicted octanol–water partition coefficient (Wildman–Crippen LogP) is 5.36. The molecular weight excluding hydrogens is 479 g/mol. The number of fused-ring (bicyclic) bond motifs is 1. The molecule has 0 saturated heterocycles. The van der Waals surface area contributed by atoms with E-state index in [1.165, 1.54) is 5.56 Å². The number of carbonyl (C=O) groups excluding carboxylic acids is 1. The van der Waals surface area contributed by atoms with Crippen LogP contribution in [0.3, 0.4) is 0 Å². The van der Waals surface area contributed by atoms with Crippen LogP contribution in [-0.4, -0.2) is 51.3 Å². The molecule has 0 aliphatic heterocycles. The number of aliphatic carboxylic acids is 1. The quantitative estimate of drug-likeness (QED) is 0.276. The second-order valence-electron chi connectivity index (χ2n) is 9.13. The average Bonchev–Trinajstić information content (AvgIpc) is 3.21. The van der Waals surface area contributed by atoms with Crippen molar-refractivity contribution in [3.63, 3.8) is 0 Å². The Balaban J connectivity index is 0.000000572. The highest BCUT2D eigenvalue weighted by Crippen LogP contribution is 2.26. The molecule has 0 radical (unpaired) electrons. The van der Waals surface area contributed by atoms with Crippen molar-refractivity contribution in [3.8, 4) is 11.5 Å². The number of nitrogens with one attached hydrogen (secondary N) is 1. The zero-order chi connectivity index (χ0) is 27.0. The molecule has 3 N–H and O–H groups in total. The summed E-state index contributed by atoms with van der Waals surface area (Å²) in [5.74, 6) is -1.59. The van der Waals surface area contributed by atoms with E-state index < -0.39 is 18.1 Å². The number of carboxylic acids is 1. The highest BCUT2D eigenvalue weighted by Gasteiger charge is 2.38. The van der Waals surface area contributed by atoms with E-state index in [-0.39, 0.29) is 0 Å². The lowest BCUT2D eigenvalue weighted by Gasteiger charge is -2.26. The number of hydrogen-bond acceptors (Lipinski definition) is 6. The molecule has 0 aliphatic carbocycles. The summed E-state index contributed by atoms with van der Waals surface area (Å²) in [7, 11) is 0. The molecule has 0 unspecified atom stereocenters. The van der Waals surface area contributed by atoms with Crippen molar-refractivity contribution in [1.82, 2.24) is 15.4 Å². The summed E-state index contributed by atoms with van der Waals surface area (Å²) in [4.78, 5) is 27.5. The maximum Gasteiger partial charge on any atom is 0.490 e. The van der Waals surface area contributed by atoms with Crippen LogP contribution in [0.4, 0.5) is 13.2 Å². The Morgan fingerprint density at radius 1 is 1.06 bits per heavy atom. The Kier molecular flexibility index (Phi) is 10.00. The number of hydrogen-bond donors (Lipinski definition) is 3. The molecule has 3 rings (SSSR count). The fourth-order valence-electron chi connectivity index (χ4n) is 3.55. The lowest BCUT2D eigenvalue weighted by Crippen LogP contribution is -2.30. The van der Waals surface area contributed by atoms with E-state index in [2.05, 4.69) is 49.7 Å². The zero-order valence-electron chi connectivity index (χ0n) is 20.5. The zero-order valence-corrected chi connectivity index (χ0v) is 20.5. The van der Waals surface area contributed by atoms with Crippen LogP contribution in [0, 0.1) is 11.8 Å². The molecular formula is C25H30F3N3O5. The number of oxazole rings is 1. The van der Waals surface area contributed by atoms with Crippen molar-refractivity contribution in [2.45, 2.75) is 40.4 Å².